The maximum absolute atomic E-state index is 11.7. The van der Waals surface area contributed by atoms with Gasteiger partial charge in [0.25, 0.3) is 0 Å². The fourth-order valence-corrected chi connectivity index (χ4v) is 3.14. The summed E-state index contributed by atoms with van der Waals surface area (Å²) in [5.74, 6) is -2.45. The van der Waals surface area contributed by atoms with E-state index in [1.54, 1.807) is 0 Å². The van der Waals surface area contributed by atoms with Crippen molar-refractivity contribution >= 4 is 11.9 Å². The summed E-state index contributed by atoms with van der Waals surface area (Å²) in [5.41, 5.74) is 1.34. The molecule has 1 aromatic carbocycles. The van der Waals surface area contributed by atoms with Crippen LogP contribution in [0.5, 0.6) is 0 Å². The Morgan fingerprint density at radius 2 is 1.83 bits per heavy atom. The second-order valence-corrected chi connectivity index (χ2v) is 5.89. The van der Waals surface area contributed by atoms with Crippen LogP contribution in [0.25, 0.3) is 0 Å². The van der Waals surface area contributed by atoms with Gasteiger partial charge in [-0.05, 0) is 12.0 Å². The topological polar surface area (TPSA) is 60.9 Å². The molecule has 2 saturated heterocycles. The van der Waals surface area contributed by atoms with E-state index in [1.165, 1.54) is 5.56 Å². The lowest BCUT2D eigenvalue weighted by molar-refractivity contribution is -0.192. The Morgan fingerprint density at radius 1 is 1.25 bits per heavy atom. The predicted molar refractivity (Wildman–Crippen MR) is 80.1 cm³/mol. The van der Waals surface area contributed by atoms with E-state index in [4.69, 9.17) is 9.90 Å². The Kier molecular flexibility index (Phi) is 5.48. The van der Waals surface area contributed by atoms with Gasteiger partial charge in [-0.15, -0.1) is 0 Å². The van der Waals surface area contributed by atoms with Crippen LogP contribution in [0, 0.1) is 0 Å². The molecule has 1 amide bonds. The van der Waals surface area contributed by atoms with Gasteiger partial charge in [0, 0.05) is 38.6 Å². The number of hydrogen-bond donors (Lipinski definition) is 1. The zero-order valence-electron chi connectivity index (χ0n) is 13.2. The van der Waals surface area contributed by atoms with Crippen LogP contribution in [-0.4, -0.2) is 58.6 Å². The molecule has 8 heteroatoms. The Labute approximate surface area is 137 Å². The first kappa shape index (κ1) is 18.3. The average molecular weight is 344 g/mol. The molecule has 0 bridgehead atoms. The predicted octanol–water partition coefficient (Wildman–Crippen LogP) is 2.12. The molecule has 1 aromatic rings. The molecule has 2 fully saturated rings. The fourth-order valence-electron chi connectivity index (χ4n) is 3.14. The molecule has 0 saturated carbocycles. The van der Waals surface area contributed by atoms with Gasteiger partial charge in [-0.3, -0.25) is 9.69 Å². The summed E-state index contributed by atoms with van der Waals surface area (Å²) in [4.78, 5) is 25.0. The van der Waals surface area contributed by atoms with E-state index in [-0.39, 0.29) is 0 Å². The highest BCUT2D eigenvalue weighted by molar-refractivity contribution is 5.80. The minimum absolute atomic E-state index is 0.303. The summed E-state index contributed by atoms with van der Waals surface area (Å²) < 4.78 is 31.7. The second-order valence-electron chi connectivity index (χ2n) is 5.89. The summed E-state index contributed by atoms with van der Waals surface area (Å²) in [7, 11) is 1.94. The minimum atomic E-state index is -5.08. The van der Waals surface area contributed by atoms with E-state index < -0.39 is 12.1 Å². The van der Waals surface area contributed by atoms with E-state index >= 15 is 0 Å². The number of fused-ring (bicyclic) bond motifs is 1. The van der Waals surface area contributed by atoms with Crippen molar-refractivity contribution in [3.63, 3.8) is 0 Å². The SMILES string of the molecule is CN1C(=O)C[C@H]2[C@@H]1CCN2Cc1ccccc1.O=C(O)C(F)(F)F. The van der Waals surface area contributed by atoms with Crippen molar-refractivity contribution in [2.24, 2.45) is 0 Å². The first-order chi connectivity index (χ1) is 11.2. The third-order valence-corrected chi connectivity index (χ3v) is 4.37. The Hall–Kier alpha value is -2.09. The summed E-state index contributed by atoms with van der Waals surface area (Å²) in [6.07, 6.45) is -3.26. The zero-order chi connectivity index (χ0) is 17.9. The molecule has 24 heavy (non-hydrogen) atoms. The smallest absolute Gasteiger partial charge is 0.475 e. The molecule has 0 radical (unpaired) electrons. The lowest BCUT2D eigenvalue weighted by Gasteiger charge is -2.23. The van der Waals surface area contributed by atoms with Crippen LogP contribution < -0.4 is 0 Å². The number of alkyl halides is 3. The van der Waals surface area contributed by atoms with Crippen LogP contribution in [0.3, 0.4) is 0 Å². The van der Waals surface area contributed by atoms with Gasteiger partial charge in [-0.2, -0.15) is 13.2 Å². The van der Waals surface area contributed by atoms with Crippen molar-refractivity contribution < 1.29 is 27.9 Å². The van der Waals surface area contributed by atoms with E-state index in [9.17, 15) is 18.0 Å². The summed E-state index contributed by atoms with van der Waals surface area (Å²) in [6.45, 7) is 2.09. The molecule has 5 nitrogen and oxygen atoms in total. The van der Waals surface area contributed by atoms with Crippen LogP contribution in [0.15, 0.2) is 30.3 Å². The zero-order valence-corrected chi connectivity index (χ0v) is 13.2. The number of carbonyl (C=O) groups excluding carboxylic acids is 1. The molecule has 0 spiro atoms. The first-order valence-corrected chi connectivity index (χ1v) is 7.54. The molecule has 132 valence electrons. The molecule has 2 aliphatic rings. The molecule has 3 rings (SSSR count). The van der Waals surface area contributed by atoms with Crippen molar-refractivity contribution in [1.29, 1.82) is 0 Å². The second kappa shape index (κ2) is 7.21. The van der Waals surface area contributed by atoms with Gasteiger partial charge in [0.1, 0.15) is 0 Å². The van der Waals surface area contributed by atoms with Gasteiger partial charge in [0.15, 0.2) is 0 Å². The molecule has 2 heterocycles. The Balaban J connectivity index is 0.000000256. The van der Waals surface area contributed by atoms with Crippen molar-refractivity contribution in [1.82, 2.24) is 9.80 Å². The molecule has 1 N–H and O–H groups in total. The number of nitrogens with zero attached hydrogens (tertiary/aromatic N) is 2. The van der Waals surface area contributed by atoms with E-state index in [0.29, 0.717) is 24.4 Å². The average Bonchev–Trinajstić information content (AvgIpc) is 3.02. The highest BCUT2D eigenvalue weighted by Crippen LogP contribution is 2.32. The van der Waals surface area contributed by atoms with Crippen LogP contribution in [0.4, 0.5) is 13.2 Å². The number of likely N-dealkylation sites (N-methyl/N-ethyl adjacent to an activating group) is 1. The number of hydrogen-bond acceptors (Lipinski definition) is 3. The monoisotopic (exact) mass is 344 g/mol. The van der Waals surface area contributed by atoms with Crippen LogP contribution in [-0.2, 0) is 16.1 Å². The Bertz CT molecular complexity index is 592. The van der Waals surface area contributed by atoms with Gasteiger partial charge >= 0.3 is 12.1 Å². The third-order valence-electron chi connectivity index (χ3n) is 4.37. The standard InChI is InChI=1S/C14H18N2O.C2HF3O2/c1-15-12-7-8-16(13(12)9-14(15)17)10-11-5-3-2-4-6-11;3-2(4,5)1(6)7/h2-6,12-13H,7-10H2,1H3;(H,6,7)/t12-,13-;/m0./s1. The number of carboxylic acid groups (broad SMARTS) is 1. The molecule has 0 aromatic heterocycles. The van der Waals surface area contributed by atoms with Crippen LogP contribution in [0.2, 0.25) is 0 Å². The van der Waals surface area contributed by atoms with Gasteiger partial charge in [-0.25, -0.2) is 4.79 Å². The first-order valence-electron chi connectivity index (χ1n) is 7.54. The van der Waals surface area contributed by atoms with Crippen molar-refractivity contribution in [3.8, 4) is 0 Å². The normalized spacial score (nSPS) is 23.7. The molecular formula is C16H19F3N2O3. The fraction of sp³-hybridized carbons (Fsp3) is 0.500. The van der Waals surface area contributed by atoms with Crippen molar-refractivity contribution in [3.05, 3.63) is 35.9 Å². The lowest BCUT2D eigenvalue weighted by atomic mass is 10.1. The number of rotatable bonds is 2. The molecule has 2 aliphatic heterocycles. The third kappa shape index (κ3) is 4.25. The number of benzene rings is 1. The molecule has 0 aliphatic carbocycles. The van der Waals surface area contributed by atoms with Crippen LogP contribution >= 0.6 is 0 Å². The maximum Gasteiger partial charge on any atom is 0.490 e. The minimum Gasteiger partial charge on any atom is -0.475 e. The van der Waals surface area contributed by atoms with Gasteiger partial charge in [-0.1, -0.05) is 30.3 Å². The largest absolute Gasteiger partial charge is 0.490 e. The van der Waals surface area contributed by atoms with E-state index in [1.807, 2.05) is 18.0 Å². The molecule has 2 atom stereocenters. The lowest BCUT2D eigenvalue weighted by Crippen LogP contribution is -2.34. The Morgan fingerprint density at radius 3 is 2.38 bits per heavy atom. The van der Waals surface area contributed by atoms with Gasteiger partial charge in [0.2, 0.25) is 5.91 Å². The number of amides is 1. The number of aliphatic carboxylic acids is 1. The van der Waals surface area contributed by atoms with Crippen molar-refractivity contribution in [2.75, 3.05) is 13.6 Å². The number of carbonyl (C=O) groups is 2. The van der Waals surface area contributed by atoms with Crippen LogP contribution in [0.1, 0.15) is 18.4 Å². The van der Waals surface area contributed by atoms with Gasteiger partial charge in [0.05, 0.1) is 0 Å². The quantitative estimate of drug-likeness (QED) is 0.893. The highest BCUT2D eigenvalue weighted by Gasteiger charge is 2.44. The summed E-state index contributed by atoms with van der Waals surface area (Å²) in [5, 5.41) is 7.12. The number of likely N-dealkylation sites (tertiary alicyclic amines) is 2. The maximum atomic E-state index is 11.7. The van der Waals surface area contributed by atoms with E-state index in [2.05, 4.69) is 29.2 Å². The highest BCUT2D eigenvalue weighted by atomic mass is 19.4. The molecular weight excluding hydrogens is 325 g/mol. The number of halogens is 3. The number of carboxylic acids is 1. The van der Waals surface area contributed by atoms with Crippen molar-refractivity contribution in [2.45, 2.75) is 37.6 Å². The van der Waals surface area contributed by atoms with Gasteiger partial charge < -0.3 is 10.0 Å². The van der Waals surface area contributed by atoms with E-state index in [0.717, 1.165) is 19.5 Å². The molecule has 0 unspecified atom stereocenters. The summed E-state index contributed by atoms with van der Waals surface area (Å²) >= 11 is 0. The summed E-state index contributed by atoms with van der Waals surface area (Å²) in [6, 6.07) is 11.4.